The molecule has 3 N–H and O–H groups in total. The molecule has 1 amide bonds. The number of carbonyl (C=O) groups is 1. The van der Waals surface area contributed by atoms with Crippen molar-refractivity contribution in [2.24, 2.45) is 0 Å². The van der Waals surface area contributed by atoms with Crippen LogP contribution in [0.4, 0.5) is 26.3 Å². The van der Waals surface area contributed by atoms with Crippen molar-refractivity contribution in [3.8, 4) is 0 Å². The molecule has 1 aromatic carbocycles. The molecular weight excluding hydrogens is 430 g/mol. The van der Waals surface area contributed by atoms with Crippen LogP contribution in [0.1, 0.15) is 49.3 Å². The van der Waals surface area contributed by atoms with Gasteiger partial charge >= 0.3 is 12.4 Å². The fourth-order valence-corrected chi connectivity index (χ4v) is 3.34. The molecule has 5 nitrogen and oxygen atoms in total. The highest BCUT2D eigenvalue weighted by molar-refractivity contribution is 5.75. The van der Waals surface area contributed by atoms with Gasteiger partial charge in [-0.3, -0.25) is 4.79 Å². The van der Waals surface area contributed by atoms with E-state index in [0.717, 1.165) is 0 Å². The average molecular weight is 456 g/mol. The van der Waals surface area contributed by atoms with Gasteiger partial charge in [-0.05, 0) is 43.0 Å². The summed E-state index contributed by atoms with van der Waals surface area (Å²) >= 11 is 0. The number of benzene rings is 1. The van der Waals surface area contributed by atoms with Crippen LogP contribution in [0.5, 0.6) is 0 Å². The number of halogens is 6. The van der Waals surface area contributed by atoms with Crippen molar-refractivity contribution in [2.75, 3.05) is 13.2 Å². The highest BCUT2D eigenvalue weighted by atomic mass is 19.4. The molecule has 1 aromatic rings. The number of rotatable bonds is 8. The van der Waals surface area contributed by atoms with Crippen molar-refractivity contribution < 1.29 is 41.0 Å². The predicted octanol–water partition coefficient (Wildman–Crippen LogP) is 3.64. The first kappa shape index (κ1) is 25.4. The minimum absolute atomic E-state index is 0.0376. The summed E-state index contributed by atoms with van der Waals surface area (Å²) in [5.74, 6) is -0.487. The third-order valence-corrected chi connectivity index (χ3v) is 5.13. The maximum Gasteiger partial charge on any atom is 0.416 e. The van der Waals surface area contributed by atoms with Gasteiger partial charge < -0.3 is 20.5 Å². The van der Waals surface area contributed by atoms with Crippen LogP contribution in [0.15, 0.2) is 18.2 Å². The van der Waals surface area contributed by atoms with Gasteiger partial charge in [-0.15, -0.1) is 0 Å². The highest BCUT2D eigenvalue weighted by Crippen LogP contribution is 2.36. The maximum absolute atomic E-state index is 12.9. The Kier molecular flexibility index (Phi) is 8.73. The molecule has 176 valence electrons. The lowest BCUT2D eigenvalue weighted by Gasteiger charge is -2.32. The summed E-state index contributed by atoms with van der Waals surface area (Å²) in [6, 6.07) is 1.01. The quantitative estimate of drug-likeness (QED) is 0.523. The summed E-state index contributed by atoms with van der Waals surface area (Å²) in [5.41, 5.74) is -3.13. The molecule has 3 atom stereocenters. The Labute approximate surface area is 176 Å². The molecular formula is C20H26F6N2O3. The first-order valence-corrected chi connectivity index (χ1v) is 9.97. The van der Waals surface area contributed by atoms with Crippen molar-refractivity contribution in [1.29, 1.82) is 0 Å². The average Bonchev–Trinajstić information content (AvgIpc) is 2.69. The Hall–Kier alpha value is -1.85. The van der Waals surface area contributed by atoms with E-state index in [1.165, 1.54) is 0 Å². The van der Waals surface area contributed by atoms with E-state index < -0.39 is 42.0 Å². The van der Waals surface area contributed by atoms with Crippen molar-refractivity contribution in [3.05, 3.63) is 34.9 Å². The molecule has 1 heterocycles. The molecule has 1 aliphatic rings. The number of hydrogen-bond donors (Lipinski definition) is 3. The number of amides is 1. The molecule has 0 radical (unpaired) electrons. The topological polar surface area (TPSA) is 70.6 Å². The van der Waals surface area contributed by atoms with Crippen LogP contribution in [0.25, 0.3) is 0 Å². The first-order chi connectivity index (χ1) is 14.4. The van der Waals surface area contributed by atoms with Gasteiger partial charge in [0.25, 0.3) is 0 Å². The van der Waals surface area contributed by atoms with Gasteiger partial charge in [0.1, 0.15) is 0 Å². The third kappa shape index (κ3) is 7.97. The first-order valence-electron chi connectivity index (χ1n) is 9.97. The lowest BCUT2D eigenvalue weighted by atomic mass is 10.0. The molecule has 0 bridgehead atoms. The molecule has 0 saturated carbocycles. The zero-order valence-electron chi connectivity index (χ0n) is 16.9. The third-order valence-electron chi connectivity index (χ3n) is 5.13. The largest absolute Gasteiger partial charge is 0.416 e. The lowest BCUT2D eigenvalue weighted by Crippen LogP contribution is -2.50. The Bertz CT molecular complexity index is 706. The second kappa shape index (κ2) is 10.6. The fraction of sp³-hybridized carbons (Fsp3) is 0.650. The molecule has 0 spiro atoms. The zero-order chi connectivity index (χ0) is 23.2. The van der Waals surface area contributed by atoms with Crippen LogP contribution in [0.3, 0.4) is 0 Å². The maximum atomic E-state index is 12.9. The molecule has 0 aliphatic carbocycles. The molecule has 2 unspecified atom stereocenters. The van der Waals surface area contributed by atoms with Crippen LogP contribution in [-0.2, 0) is 28.4 Å². The number of hydrogen-bond acceptors (Lipinski definition) is 4. The minimum atomic E-state index is -4.94. The van der Waals surface area contributed by atoms with Crippen molar-refractivity contribution >= 4 is 5.91 Å². The predicted molar refractivity (Wildman–Crippen MR) is 100.0 cm³/mol. The van der Waals surface area contributed by atoms with Crippen LogP contribution in [-0.4, -0.2) is 42.4 Å². The zero-order valence-corrected chi connectivity index (χ0v) is 16.9. The van der Waals surface area contributed by atoms with Crippen LogP contribution in [0, 0.1) is 0 Å². The van der Waals surface area contributed by atoms with Gasteiger partial charge in [-0.1, -0.05) is 6.92 Å². The number of aliphatic hydroxyl groups excluding tert-OH is 1. The number of alkyl halides is 6. The summed E-state index contributed by atoms with van der Waals surface area (Å²) in [6.07, 6.45) is -8.77. The van der Waals surface area contributed by atoms with E-state index in [1.54, 1.807) is 0 Å². The standard InChI is InChI=1S/C20H26F6N2O3/c1-2-15(28-16-5-6-31-11-17(16)29)3-4-18(30)27-10-12-7-13(19(21,22)23)9-14(8-12)20(24,25)26/h7-9,15-17,28-29H,2-6,10-11H2,1H3,(H,27,30)/t15-,16?,17?/m1/s1. The molecule has 1 fully saturated rings. The summed E-state index contributed by atoms with van der Waals surface area (Å²) in [6.45, 7) is 2.20. The van der Waals surface area contributed by atoms with E-state index >= 15 is 0 Å². The van der Waals surface area contributed by atoms with Gasteiger partial charge in [0.15, 0.2) is 0 Å². The van der Waals surface area contributed by atoms with Crippen LogP contribution in [0.2, 0.25) is 0 Å². The number of aliphatic hydroxyl groups is 1. The lowest BCUT2D eigenvalue weighted by molar-refractivity contribution is -0.143. The second-order valence-electron chi connectivity index (χ2n) is 7.54. The van der Waals surface area contributed by atoms with Crippen LogP contribution >= 0.6 is 0 Å². The Balaban J connectivity index is 1.92. The van der Waals surface area contributed by atoms with Gasteiger partial charge in [0.05, 0.1) is 23.8 Å². The smallest absolute Gasteiger partial charge is 0.389 e. The Morgan fingerprint density at radius 2 is 1.77 bits per heavy atom. The summed E-state index contributed by atoms with van der Waals surface area (Å²) < 4.78 is 82.7. The van der Waals surface area contributed by atoms with Crippen molar-refractivity contribution in [3.63, 3.8) is 0 Å². The normalized spacial score (nSPS) is 21.0. The summed E-state index contributed by atoms with van der Waals surface area (Å²) in [5, 5.41) is 15.6. The second-order valence-corrected chi connectivity index (χ2v) is 7.54. The van der Waals surface area contributed by atoms with E-state index in [0.29, 0.717) is 38.0 Å². The van der Waals surface area contributed by atoms with Crippen LogP contribution < -0.4 is 10.6 Å². The monoisotopic (exact) mass is 456 g/mol. The molecule has 1 aliphatic heterocycles. The van der Waals surface area contributed by atoms with Crippen molar-refractivity contribution in [2.45, 2.75) is 69.7 Å². The molecule has 31 heavy (non-hydrogen) atoms. The summed E-state index contributed by atoms with van der Waals surface area (Å²) in [4.78, 5) is 12.1. The molecule has 0 aromatic heterocycles. The number of nitrogens with one attached hydrogen (secondary N) is 2. The van der Waals surface area contributed by atoms with Gasteiger partial charge in [-0.2, -0.15) is 26.3 Å². The molecule has 1 saturated heterocycles. The van der Waals surface area contributed by atoms with E-state index in [-0.39, 0.29) is 36.7 Å². The molecule has 2 rings (SSSR count). The number of carbonyl (C=O) groups excluding carboxylic acids is 1. The Morgan fingerprint density at radius 3 is 2.29 bits per heavy atom. The van der Waals surface area contributed by atoms with Crippen molar-refractivity contribution in [1.82, 2.24) is 10.6 Å². The number of ether oxygens (including phenoxy) is 1. The van der Waals surface area contributed by atoms with Gasteiger partial charge in [-0.25, -0.2) is 0 Å². The van der Waals surface area contributed by atoms with Gasteiger partial charge in [0.2, 0.25) is 5.91 Å². The van der Waals surface area contributed by atoms with Gasteiger partial charge in [0, 0.05) is 31.7 Å². The Morgan fingerprint density at radius 1 is 1.16 bits per heavy atom. The minimum Gasteiger partial charge on any atom is -0.389 e. The fourth-order valence-electron chi connectivity index (χ4n) is 3.34. The van der Waals surface area contributed by atoms with E-state index in [1.807, 2.05) is 6.92 Å². The highest BCUT2D eigenvalue weighted by Gasteiger charge is 2.36. The van der Waals surface area contributed by atoms with E-state index in [2.05, 4.69) is 10.6 Å². The van der Waals surface area contributed by atoms with E-state index in [4.69, 9.17) is 4.74 Å². The summed E-state index contributed by atoms with van der Waals surface area (Å²) in [7, 11) is 0. The SMILES string of the molecule is CC[C@H](CCC(=O)NCc1cc(C(F)(F)F)cc(C(F)(F)F)c1)NC1CCOCC1O. The van der Waals surface area contributed by atoms with E-state index in [9.17, 15) is 36.2 Å². The molecule has 11 heteroatoms.